The number of hydrogen-bond acceptors (Lipinski definition) is 2. The number of hydrogen-bond donors (Lipinski definition) is 0. The molecular weight excluding hydrogens is 382 g/mol. The van der Waals surface area contributed by atoms with Crippen LogP contribution in [-0.4, -0.2) is 11.8 Å². The molecule has 3 nitrogen and oxygen atoms in total. The Morgan fingerprint density at radius 2 is 1.10 bits per heavy atom. The van der Waals surface area contributed by atoms with Crippen molar-refractivity contribution in [3.63, 3.8) is 0 Å². The van der Waals surface area contributed by atoms with Crippen LogP contribution < -0.4 is 4.90 Å². The van der Waals surface area contributed by atoms with E-state index < -0.39 is 11.8 Å². The molecule has 0 N–H and O–H groups in total. The van der Waals surface area contributed by atoms with Crippen LogP contribution in [-0.2, 0) is 9.59 Å². The zero-order valence-electron chi connectivity index (χ0n) is 17.7. The normalized spacial score (nSPS) is 25.0. The van der Waals surface area contributed by atoms with Gasteiger partial charge in [0.1, 0.15) is 0 Å². The highest BCUT2D eigenvalue weighted by atomic mass is 16.2. The first-order valence-electron chi connectivity index (χ1n) is 10.8. The standard InChI is InChI=1S/C28H25NO2/c1-18-10-9-15-24(19(18)2)29-27(30)25-22(20-11-5-3-6-12-20)16-17-23(26(25)28(29)31)21-13-7-4-8-14-21/h3-17,22-23,25-26H,1-2H3/t22-,23-,25+,26+/m0/s1. The molecule has 0 saturated carbocycles. The number of carbonyl (C=O) groups excluding carboxylic acids is 2. The van der Waals surface area contributed by atoms with Crippen LogP contribution in [0, 0.1) is 25.7 Å². The second kappa shape index (κ2) is 7.66. The Morgan fingerprint density at radius 1 is 0.613 bits per heavy atom. The van der Waals surface area contributed by atoms with E-state index >= 15 is 0 Å². The fourth-order valence-electron chi connectivity index (χ4n) is 5.15. The summed E-state index contributed by atoms with van der Waals surface area (Å²) < 4.78 is 0. The van der Waals surface area contributed by atoms with Crippen LogP contribution in [0.4, 0.5) is 5.69 Å². The highest BCUT2D eigenvalue weighted by molar-refractivity contribution is 6.23. The van der Waals surface area contributed by atoms with Crippen molar-refractivity contribution in [3.8, 4) is 0 Å². The number of anilines is 1. The topological polar surface area (TPSA) is 37.4 Å². The third kappa shape index (κ3) is 3.12. The van der Waals surface area contributed by atoms with Crippen LogP contribution in [0.25, 0.3) is 0 Å². The molecule has 3 heteroatoms. The predicted molar refractivity (Wildman–Crippen MR) is 123 cm³/mol. The van der Waals surface area contributed by atoms with E-state index in [2.05, 4.69) is 12.2 Å². The Bertz CT molecular complexity index is 1100. The number of rotatable bonds is 3. The fraction of sp³-hybridized carbons (Fsp3) is 0.214. The zero-order chi connectivity index (χ0) is 21.5. The third-order valence-electron chi connectivity index (χ3n) is 6.88. The number of allylic oxidation sites excluding steroid dienone is 2. The molecule has 2 amide bonds. The molecule has 1 saturated heterocycles. The molecule has 154 valence electrons. The molecule has 1 heterocycles. The SMILES string of the molecule is Cc1cccc(N2C(=O)[C@H]3[C@H](C2=O)[C@H](c2ccccc2)C=C[C@H]3c2ccccc2)c1C. The zero-order valence-corrected chi connectivity index (χ0v) is 17.7. The Kier molecular flexibility index (Phi) is 4.82. The first kappa shape index (κ1) is 19.5. The number of nitrogens with zero attached hydrogens (tertiary/aromatic N) is 1. The maximum atomic E-state index is 13.8. The Labute approximate surface area is 183 Å². The first-order chi connectivity index (χ1) is 15.1. The van der Waals surface area contributed by atoms with Crippen molar-refractivity contribution in [2.45, 2.75) is 25.7 Å². The lowest BCUT2D eigenvalue weighted by molar-refractivity contribution is -0.122. The van der Waals surface area contributed by atoms with Gasteiger partial charge in [-0.3, -0.25) is 9.59 Å². The van der Waals surface area contributed by atoms with Crippen LogP contribution >= 0.6 is 0 Å². The molecule has 1 aliphatic carbocycles. The number of benzene rings is 3. The van der Waals surface area contributed by atoms with E-state index in [0.717, 1.165) is 22.3 Å². The summed E-state index contributed by atoms with van der Waals surface area (Å²) in [5.41, 5.74) is 4.91. The molecule has 0 unspecified atom stereocenters. The van der Waals surface area contributed by atoms with E-state index in [9.17, 15) is 9.59 Å². The number of amides is 2. The van der Waals surface area contributed by atoms with Gasteiger partial charge in [-0.15, -0.1) is 0 Å². The molecule has 2 aliphatic rings. The number of fused-ring (bicyclic) bond motifs is 1. The number of aryl methyl sites for hydroxylation is 1. The van der Waals surface area contributed by atoms with Crippen molar-refractivity contribution >= 4 is 17.5 Å². The average Bonchev–Trinajstić information content (AvgIpc) is 3.07. The van der Waals surface area contributed by atoms with Gasteiger partial charge in [0.15, 0.2) is 0 Å². The number of imide groups is 1. The van der Waals surface area contributed by atoms with Gasteiger partial charge in [-0.1, -0.05) is 84.9 Å². The number of carbonyl (C=O) groups is 2. The van der Waals surface area contributed by atoms with Gasteiger partial charge in [0.25, 0.3) is 0 Å². The molecule has 4 atom stereocenters. The van der Waals surface area contributed by atoms with Crippen molar-refractivity contribution in [2.75, 3.05) is 4.90 Å². The Hall–Kier alpha value is -3.46. The first-order valence-corrected chi connectivity index (χ1v) is 10.8. The van der Waals surface area contributed by atoms with E-state index in [4.69, 9.17) is 0 Å². The molecule has 0 spiro atoms. The molecule has 1 aliphatic heterocycles. The molecule has 31 heavy (non-hydrogen) atoms. The minimum absolute atomic E-state index is 0.0946. The van der Waals surface area contributed by atoms with Gasteiger partial charge in [-0.05, 0) is 42.2 Å². The lowest BCUT2D eigenvalue weighted by atomic mass is 9.68. The van der Waals surface area contributed by atoms with Crippen LogP contribution in [0.2, 0.25) is 0 Å². The summed E-state index contributed by atoms with van der Waals surface area (Å²) in [6, 6.07) is 25.9. The van der Waals surface area contributed by atoms with Crippen molar-refractivity contribution in [1.82, 2.24) is 0 Å². The summed E-state index contributed by atoms with van der Waals surface area (Å²) in [5.74, 6) is -1.24. The second-order valence-electron chi connectivity index (χ2n) is 8.54. The maximum Gasteiger partial charge on any atom is 0.238 e. The summed E-state index contributed by atoms with van der Waals surface area (Å²) in [7, 11) is 0. The lowest BCUT2D eigenvalue weighted by Crippen LogP contribution is -2.32. The minimum atomic E-state index is -0.412. The fourth-order valence-corrected chi connectivity index (χ4v) is 5.15. The molecular formula is C28H25NO2. The molecule has 0 radical (unpaired) electrons. The molecule has 3 aromatic rings. The van der Waals surface area contributed by atoms with Gasteiger partial charge < -0.3 is 0 Å². The summed E-state index contributed by atoms with van der Waals surface area (Å²) in [5, 5.41) is 0. The van der Waals surface area contributed by atoms with Crippen LogP contribution in [0.5, 0.6) is 0 Å². The monoisotopic (exact) mass is 407 g/mol. The van der Waals surface area contributed by atoms with E-state index in [0.29, 0.717) is 5.69 Å². The van der Waals surface area contributed by atoms with Gasteiger partial charge >= 0.3 is 0 Å². The molecule has 0 aromatic heterocycles. The van der Waals surface area contributed by atoms with Crippen molar-refractivity contribution in [3.05, 3.63) is 113 Å². The molecule has 3 aromatic carbocycles. The summed E-state index contributed by atoms with van der Waals surface area (Å²) in [6.45, 7) is 3.99. The molecule has 5 rings (SSSR count). The van der Waals surface area contributed by atoms with E-state index in [1.54, 1.807) is 0 Å². The van der Waals surface area contributed by atoms with Gasteiger partial charge in [-0.2, -0.15) is 0 Å². The molecule has 1 fully saturated rings. The smallest absolute Gasteiger partial charge is 0.238 e. The van der Waals surface area contributed by atoms with Crippen molar-refractivity contribution < 1.29 is 9.59 Å². The van der Waals surface area contributed by atoms with Gasteiger partial charge in [-0.25, -0.2) is 4.90 Å². The van der Waals surface area contributed by atoms with E-state index in [1.165, 1.54) is 4.90 Å². The minimum Gasteiger partial charge on any atom is -0.274 e. The average molecular weight is 408 g/mol. The third-order valence-corrected chi connectivity index (χ3v) is 6.88. The van der Waals surface area contributed by atoms with Gasteiger partial charge in [0.2, 0.25) is 11.8 Å². The van der Waals surface area contributed by atoms with Crippen molar-refractivity contribution in [2.24, 2.45) is 11.8 Å². The predicted octanol–water partition coefficient (Wildman–Crippen LogP) is 5.55. The Morgan fingerprint density at radius 3 is 1.58 bits per heavy atom. The maximum absolute atomic E-state index is 13.8. The quantitative estimate of drug-likeness (QED) is 0.422. The van der Waals surface area contributed by atoms with E-state index in [-0.39, 0.29) is 23.7 Å². The lowest BCUT2D eigenvalue weighted by Gasteiger charge is -2.32. The van der Waals surface area contributed by atoms with Crippen LogP contribution in [0.1, 0.15) is 34.1 Å². The van der Waals surface area contributed by atoms with Crippen molar-refractivity contribution in [1.29, 1.82) is 0 Å². The summed E-state index contributed by atoms with van der Waals surface area (Å²) >= 11 is 0. The summed E-state index contributed by atoms with van der Waals surface area (Å²) in [4.78, 5) is 29.1. The van der Waals surface area contributed by atoms with Crippen LogP contribution in [0.15, 0.2) is 91.0 Å². The van der Waals surface area contributed by atoms with E-state index in [1.807, 2.05) is 92.7 Å². The largest absolute Gasteiger partial charge is 0.274 e. The Balaban J connectivity index is 1.65. The highest BCUT2D eigenvalue weighted by Gasteiger charge is 2.55. The van der Waals surface area contributed by atoms with Gasteiger partial charge in [0, 0.05) is 11.8 Å². The highest BCUT2D eigenvalue weighted by Crippen LogP contribution is 2.50. The molecule has 0 bridgehead atoms. The second-order valence-corrected chi connectivity index (χ2v) is 8.54. The van der Waals surface area contributed by atoms with Crippen LogP contribution in [0.3, 0.4) is 0 Å². The summed E-state index contributed by atoms with van der Waals surface area (Å²) in [6.07, 6.45) is 4.26. The van der Waals surface area contributed by atoms with Gasteiger partial charge in [0.05, 0.1) is 17.5 Å².